The van der Waals surface area contributed by atoms with Crippen LogP contribution in [0.4, 0.5) is 0 Å². The summed E-state index contributed by atoms with van der Waals surface area (Å²) in [6.07, 6.45) is 0.420. The number of hydrogen-bond acceptors (Lipinski definition) is 3. The summed E-state index contributed by atoms with van der Waals surface area (Å²) >= 11 is 0. The summed E-state index contributed by atoms with van der Waals surface area (Å²) in [5.41, 5.74) is 1.62. The molecular formula is C11H15NO3. The molecule has 1 N–H and O–H groups in total. The lowest BCUT2D eigenvalue weighted by molar-refractivity contribution is 0.0520. The maximum absolute atomic E-state index is 11.4. The molecule has 0 aromatic carbocycles. The van der Waals surface area contributed by atoms with Gasteiger partial charge in [0.15, 0.2) is 5.78 Å². The van der Waals surface area contributed by atoms with Crippen LogP contribution in [0.1, 0.15) is 46.8 Å². The summed E-state index contributed by atoms with van der Waals surface area (Å²) < 4.78 is 4.83. The van der Waals surface area contributed by atoms with Gasteiger partial charge in [0.1, 0.15) is 5.69 Å². The van der Waals surface area contributed by atoms with E-state index in [1.165, 1.54) is 0 Å². The first-order valence-corrected chi connectivity index (χ1v) is 5.00. The van der Waals surface area contributed by atoms with Crippen LogP contribution in [0.3, 0.4) is 0 Å². The predicted molar refractivity (Wildman–Crippen MR) is 56.1 cm³/mol. The van der Waals surface area contributed by atoms with Crippen molar-refractivity contribution in [3.63, 3.8) is 0 Å². The largest absolute Gasteiger partial charge is 0.461 e. The average Bonchev–Trinajstić information content (AvgIpc) is 2.60. The third-order valence-corrected chi connectivity index (χ3v) is 2.11. The van der Waals surface area contributed by atoms with Crippen LogP contribution < -0.4 is 0 Å². The minimum absolute atomic E-state index is 0.00282. The summed E-state index contributed by atoms with van der Waals surface area (Å²) in [5, 5.41) is 0. The fourth-order valence-electron chi connectivity index (χ4n) is 1.34. The number of nitrogens with one attached hydrogen (secondary N) is 1. The fraction of sp³-hybridized carbons (Fsp3) is 0.455. The van der Waals surface area contributed by atoms with E-state index in [4.69, 9.17) is 4.74 Å². The van der Waals surface area contributed by atoms with Gasteiger partial charge in [0, 0.05) is 6.42 Å². The molecule has 1 rings (SSSR count). The van der Waals surface area contributed by atoms with E-state index in [0.717, 1.165) is 5.56 Å². The number of carbonyl (C=O) groups excluding carboxylic acids is 2. The molecule has 0 unspecified atom stereocenters. The minimum atomic E-state index is -0.421. The maximum atomic E-state index is 11.4. The van der Waals surface area contributed by atoms with E-state index < -0.39 is 5.97 Å². The molecule has 1 heterocycles. The van der Waals surface area contributed by atoms with Crippen molar-refractivity contribution in [1.82, 2.24) is 4.98 Å². The molecule has 4 nitrogen and oxygen atoms in total. The van der Waals surface area contributed by atoms with E-state index in [1.807, 2.05) is 0 Å². The summed E-state index contributed by atoms with van der Waals surface area (Å²) in [4.78, 5) is 25.6. The van der Waals surface area contributed by atoms with Crippen LogP contribution in [0.15, 0.2) is 6.07 Å². The van der Waals surface area contributed by atoms with E-state index in [1.54, 1.807) is 26.8 Å². The van der Waals surface area contributed by atoms with E-state index in [9.17, 15) is 9.59 Å². The zero-order valence-electron chi connectivity index (χ0n) is 9.22. The molecule has 0 spiro atoms. The number of aromatic nitrogens is 1. The molecule has 1 aromatic heterocycles. The van der Waals surface area contributed by atoms with Crippen molar-refractivity contribution in [3.05, 3.63) is 23.0 Å². The molecule has 4 heteroatoms. The molecule has 82 valence electrons. The molecule has 0 aliphatic rings. The normalized spacial score (nSPS) is 10.1. The van der Waals surface area contributed by atoms with Gasteiger partial charge in [-0.1, -0.05) is 6.92 Å². The molecule has 15 heavy (non-hydrogen) atoms. The first-order chi connectivity index (χ1) is 7.10. The lowest BCUT2D eigenvalue weighted by atomic mass is 10.1. The number of Topliss-reactive ketones (excluding diaryl/α,β-unsaturated/α-hetero) is 1. The zero-order valence-corrected chi connectivity index (χ0v) is 9.22. The Morgan fingerprint density at radius 1 is 1.40 bits per heavy atom. The summed E-state index contributed by atoms with van der Waals surface area (Å²) in [5.74, 6) is -0.418. The van der Waals surface area contributed by atoms with Crippen LogP contribution in [-0.2, 0) is 4.74 Å². The Balaban J connectivity index is 2.95. The quantitative estimate of drug-likeness (QED) is 0.610. The number of aryl methyl sites for hydroxylation is 1. The lowest BCUT2D eigenvalue weighted by Gasteiger charge is -1.98. The third kappa shape index (κ3) is 2.46. The molecule has 0 fully saturated rings. The second kappa shape index (κ2) is 4.77. The van der Waals surface area contributed by atoms with Crippen molar-refractivity contribution in [2.24, 2.45) is 0 Å². The molecule has 0 bridgehead atoms. The maximum Gasteiger partial charge on any atom is 0.354 e. The predicted octanol–water partition coefficient (Wildman–Crippen LogP) is 2.09. The number of aromatic amines is 1. The molecule has 0 amide bonds. The van der Waals surface area contributed by atoms with Crippen molar-refractivity contribution >= 4 is 11.8 Å². The second-order valence-corrected chi connectivity index (χ2v) is 3.24. The highest BCUT2D eigenvalue weighted by molar-refractivity contribution is 5.98. The Kier molecular flexibility index (Phi) is 3.66. The number of esters is 1. The highest BCUT2D eigenvalue weighted by atomic mass is 16.5. The highest BCUT2D eigenvalue weighted by Gasteiger charge is 2.15. The van der Waals surface area contributed by atoms with Gasteiger partial charge in [0.25, 0.3) is 0 Å². The number of rotatable bonds is 4. The molecule has 0 aliphatic carbocycles. The SMILES string of the molecule is CCOC(=O)c1cc(C)c(C(=O)CC)[nH]1. The van der Waals surface area contributed by atoms with Gasteiger partial charge < -0.3 is 9.72 Å². The smallest absolute Gasteiger partial charge is 0.354 e. The number of ether oxygens (including phenoxy) is 1. The number of carbonyl (C=O) groups is 2. The molecule has 0 saturated carbocycles. The van der Waals surface area contributed by atoms with Gasteiger partial charge in [-0.05, 0) is 25.5 Å². The first-order valence-electron chi connectivity index (χ1n) is 5.00. The lowest BCUT2D eigenvalue weighted by Crippen LogP contribution is -2.06. The Labute approximate surface area is 88.6 Å². The zero-order chi connectivity index (χ0) is 11.4. The van der Waals surface area contributed by atoms with Gasteiger partial charge in [0.05, 0.1) is 12.3 Å². The fourth-order valence-corrected chi connectivity index (χ4v) is 1.34. The van der Waals surface area contributed by atoms with Gasteiger partial charge in [0.2, 0.25) is 0 Å². The van der Waals surface area contributed by atoms with Gasteiger partial charge in [-0.25, -0.2) is 4.79 Å². The van der Waals surface area contributed by atoms with Crippen LogP contribution in [0.5, 0.6) is 0 Å². The second-order valence-electron chi connectivity index (χ2n) is 3.24. The van der Waals surface area contributed by atoms with Gasteiger partial charge >= 0.3 is 5.97 Å². The monoisotopic (exact) mass is 209 g/mol. The van der Waals surface area contributed by atoms with E-state index in [2.05, 4.69) is 4.98 Å². The molecule has 0 aliphatic heterocycles. The van der Waals surface area contributed by atoms with Crippen molar-refractivity contribution < 1.29 is 14.3 Å². The Hall–Kier alpha value is -1.58. The molecule has 0 saturated heterocycles. The average molecular weight is 209 g/mol. The van der Waals surface area contributed by atoms with E-state index >= 15 is 0 Å². The van der Waals surface area contributed by atoms with Crippen LogP contribution in [0.2, 0.25) is 0 Å². The molecule has 1 aromatic rings. The van der Waals surface area contributed by atoms with Gasteiger partial charge in [-0.15, -0.1) is 0 Å². The third-order valence-electron chi connectivity index (χ3n) is 2.11. The Bertz CT molecular complexity index is 379. The molecule has 0 radical (unpaired) electrons. The number of hydrogen-bond donors (Lipinski definition) is 1. The number of H-pyrrole nitrogens is 1. The Morgan fingerprint density at radius 2 is 2.07 bits per heavy atom. The van der Waals surface area contributed by atoms with E-state index in [0.29, 0.717) is 24.4 Å². The topological polar surface area (TPSA) is 59.2 Å². The Morgan fingerprint density at radius 3 is 2.60 bits per heavy atom. The summed E-state index contributed by atoms with van der Waals surface area (Å²) in [7, 11) is 0. The molecular weight excluding hydrogens is 194 g/mol. The van der Waals surface area contributed by atoms with Gasteiger partial charge in [-0.3, -0.25) is 4.79 Å². The van der Waals surface area contributed by atoms with E-state index in [-0.39, 0.29) is 5.78 Å². The number of ketones is 1. The minimum Gasteiger partial charge on any atom is -0.461 e. The summed E-state index contributed by atoms with van der Waals surface area (Å²) in [6.45, 7) is 5.65. The van der Waals surface area contributed by atoms with Crippen LogP contribution >= 0.6 is 0 Å². The van der Waals surface area contributed by atoms with Crippen LogP contribution in [0, 0.1) is 6.92 Å². The molecule has 0 atom stereocenters. The van der Waals surface area contributed by atoms with Crippen LogP contribution in [-0.4, -0.2) is 23.3 Å². The highest BCUT2D eigenvalue weighted by Crippen LogP contribution is 2.12. The van der Waals surface area contributed by atoms with Gasteiger partial charge in [-0.2, -0.15) is 0 Å². The summed E-state index contributed by atoms with van der Waals surface area (Å²) in [6, 6.07) is 1.64. The van der Waals surface area contributed by atoms with Crippen molar-refractivity contribution in [1.29, 1.82) is 0 Å². The van der Waals surface area contributed by atoms with Crippen LogP contribution in [0.25, 0.3) is 0 Å². The van der Waals surface area contributed by atoms with Crippen molar-refractivity contribution in [3.8, 4) is 0 Å². The first kappa shape index (κ1) is 11.5. The standard InChI is InChI=1S/C11H15NO3/c1-4-9(13)10-7(3)6-8(12-10)11(14)15-5-2/h6,12H,4-5H2,1-3H3. The van der Waals surface area contributed by atoms with Crippen molar-refractivity contribution in [2.75, 3.05) is 6.61 Å². The van der Waals surface area contributed by atoms with Crippen molar-refractivity contribution in [2.45, 2.75) is 27.2 Å².